The van der Waals surface area contributed by atoms with Gasteiger partial charge in [0.25, 0.3) is 0 Å². The molecule has 0 saturated heterocycles. The van der Waals surface area contributed by atoms with Crippen molar-refractivity contribution in [2.45, 2.75) is 58.5 Å². The van der Waals surface area contributed by atoms with Crippen molar-refractivity contribution in [1.82, 2.24) is 0 Å². The van der Waals surface area contributed by atoms with Crippen molar-refractivity contribution >= 4 is 0 Å². The molecule has 1 aliphatic carbocycles. The Labute approximate surface area is 118 Å². The van der Waals surface area contributed by atoms with Crippen molar-refractivity contribution in [3.63, 3.8) is 0 Å². The molecule has 1 saturated carbocycles. The molecule has 0 bridgehead atoms. The molecular weight excluding hydrogens is 232 g/mol. The maximum absolute atomic E-state index is 10.2. The van der Waals surface area contributed by atoms with E-state index in [1.165, 1.54) is 31.2 Å². The number of aliphatic hydroxyl groups is 1. The van der Waals surface area contributed by atoms with Gasteiger partial charge in [-0.3, -0.25) is 0 Å². The Hall–Kier alpha value is -0.820. The van der Waals surface area contributed by atoms with Crippen molar-refractivity contribution in [3.8, 4) is 0 Å². The third-order valence-corrected chi connectivity index (χ3v) is 4.49. The summed E-state index contributed by atoms with van der Waals surface area (Å²) in [6.45, 7) is 4.59. The van der Waals surface area contributed by atoms with E-state index in [1.54, 1.807) is 0 Å². The van der Waals surface area contributed by atoms with Gasteiger partial charge in [-0.25, -0.2) is 0 Å². The fourth-order valence-corrected chi connectivity index (χ4v) is 3.40. The Bertz CT molecular complexity index is 357. The summed E-state index contributed by atoms with van der Waals surface area (Å²) >= 11 is 0. The molecule has 0 aromatic heterocycles. The standard InChI is InChI=1S/C18H28O/c1-14(2)7-6-10-16-12-17(18(19)13-16)11-15-8-4-3-5-9-15/h3-5,8-9,14,16-19H,6-7,10-13H2,1-2H3/t16-,17-,18-/m1/s1. The quantitative estimate of drug-likeness (QED) is 0.801. The first-order valence-corrected chi connectivity index (χ1v) is 7.87. The minimum Gasteiger partial charge on any atom is -0.393 e. The van der Waals surface area contributed by atoms with Crippen LogP contribution in [0.5, 0.6) is 0 Å². The van der Waals surface area contributed by atoms with E-state index in [4.69, 9.17) is 0 Å². The largest absolute Gasteiger partial charge is 0.393 e. The molecule has 0 spiro atoms. The van der Waals surface area contributed by atoms with Crippen LogP contribution in [0.4, 0.5) is 0 Å². The van der Waals surface area contributed by atoms with Gasteiger partial charge < -0.3 is 5.11 Å². The van der Waals surface area contributed by atoms with Crippen LogP contribution in [-0.4, -0.2) is 11.2 Å². The summed E-state index contributed by atoms with van der Waals surface area (Å²) in [5.74, 6) is 2.04. The average Bonchev–Trinajstić information content (AvgIpc) is 2.71. The third kappa shape index (κ3) is 4.65. The lowest BCUT2D eigenvalue weighted by molar-refractivity contribution is 0.131. The number of benzene rings is 1. The van der Waals surface area contributed by atoms with E-state index in [1.807, 2.05) is 0 Å². The summed E-state index contributed by atoms with van der Waals surface area (Å²) in [5, 5.41) is 10.2. The highest BCUT2D eigenvalue weighted by Gasteiger charge is 2.32. The van der Waals surface area contributed by atoms with Gasteiger partial charge in [0.1, 0.15) is 0 Å². The van der Waals surface area contributed by atoms with Gasteiger partial charge in [0.05, 0.1) is 6.10 Å². The molecule has 106 valence electrons. The van der Waals surface area contributed by atoms with E-state index in [-0.39, 0.29) is 6.10 Å². The maximum Gasteiger partial charge on any atom is 0.0574 e. The van der Waals surface area contributed by atoms with Gasteiger partial charge >= 0.3 is 0 Å². The van der Waals surface area contributed by atoms with Crippen LogP contribution in [0.3, 0.4) is 0 Å². The minimum atomic E-state index is -0.0794. The van der Waals surface area contributed by atoms with E-state index in [0.717, 1.165) is 24.7 Å². The van der Waals surface area contributed by atoms with Gasteiger partial charge in [-0.2, -0.15) is 0 Å². The second-order valence-corrected chi connectivity index (χ2v) is 6.68. The molecule has 1 N–H and O–H groups in total. The Kier molecular flexibility index (Phi) is 5.45. The van der Waals surface area contributed by atoms with Crippen LogP contribution in [-0.2, 0) is 6.42 Å². The summed E-state index contributed by atoms with van der Waals surface area (Å²) < 4.78 is 0. The molecule has 2 rings (SSSR count). The third-order valence-electron chi connectivity index (χ3n) is 4.49. The molecule has 0 amide bonds. The predicted octanol–water partition coefficient (Wildman–Crippen LogP) is 4.44. The SMILES string of the molecule is CC(C)CCC[C@@H]1C[C@@H](Cc2ccccc2)[C@H](O)C1. The molecule has 0 heterocycles. The van der Waals surface area contributed by atoms with Crippen molar-refractivity contribution in [1.29, 1.82) is 0 Å². The maximum atomic E-state index is 10.2. The molecule has 1 heteroatoms. The topological polar surface area (TPSA) is 20.2 Å². The molecule has 1 nitrogen and oxygen atoms in total. The molecule has 19 heavy (non-hydrogen) atoms. The lowest BCUT2D eigenvalue weighted by atomic mass is 9.93. The van der Waals surface area contributed by atoms with Crippen LogP contribution in [0.1, 0.15) is 51.5 Å². The van der Waals surface area contributed by atoms with Crippen molar-refractivity contribution in [2.75, 3.05) is 0 Å². The van der Waals surface area contributed by atoms with Gasteiger partial charge in [0, 0.05) is 0 Å². The number of aliphatic hydroxyl groups excluding tert-OH is 1. The van der Waals surface area contributed by atoms with Crippen LogP contribution in [0.15, 0.2) is 30.3 Å². The Morgan fingerprint density at radius 1 is 1.16 bits per heavy atom. The van der Waals surface area contributed by atoms with Gasteiger partial charge in [0.2, 0.25) is 0 Å². The smallest absolute Gasteiger partial charge is 0.0574 e. The zero-order valence-electron chi connectivity index (χ0n) is 12.4. The minimum absolute atomic E-state index is 0.0794. The van der Waals surface area contributed by atoms with Crippen LogP contribution >= 0.6 is 0 Å². The molecule has 0 radical (unpaired) electrons. The molecular formula is C18H28O. The lowest BCUT2D eigenvalue weighted by Gasteiger charge is -2.14. The lowest BCUT2D eigenvalue weighted by Crippen LogP contribution is -2.15. The monoisotopic (exact) mass is 260 g/mol. The zero-order valence-corrected chi connectivity index (χ0v) is 12.4. The van der Waals surface area contributed by atoms with Gasteiger partial charge in [-0.05, 0) is 42.6 Å². The van der Waals surface area contributed by atoms with E-state index in [0.29, 0.717) is 5.92 Å². The van der Waals surface area contributed by atoms with Crippen LogP contribution in [0.25, 0.3) is 0 Å². The van der Waals surface area contributed by atoms with Gasteiger partial charge in [-0.1, -0.05) is 63.4 Å². The van der Waals surface area contributed by atoms with Crippen molar-refractivity contribution in [2.24, 2.45) is 17.8 Å². The number of rotatable bonds is 6. The number of hydrogen-bond acceptors (Lipinski definition) is 1. The first-order chi connectivity index (χ1) is 9.15. The fourth-order valence-electron chi connectivity index (χ4n) is 3.40. The van der Waals surface area contributed by atoms with E-state index in [9.17, 15) is 5.11 Å². The van der Waals surface area contributed by atoms with Crippen LogP contribution in [0, 0.1) is 17.8 Å². The Morgan fingerprint density at radius 3 is 2.58 bits per heavy atom. The molecule has 1 aliphatic rings. The number of hydrogen-bond donors (Lipinski definition) is 1. The van der Waals surface area contributed by atoms with Crippen LogP contribution in [0.2, 0.25) is 0 Å². The Morgan fingerprint density at radius 2 is 1.89 bits per heavy atom. The second-order valence-electron chi connectivity index (χ2n) is 6.68. The summed E-state index contributed by atoms with van der Waals surface area (Å²) in [4.78, 5) is 0. The molecule has 1 fully saturated rings. The van der Waals surface area contributed by atoms with Gasteiger partial charge in [-0.15, -0.1) is 0 Å². The highest BCUT2D eigenvalue weighted by atomic mass is 16.3. The van der Waals surface area contributed by atoms with E-state index >= 15 is 0 Å². The first kappa shape index (κ1) is 14.6. The average molecular weight is 260 g/mol. The molecule has 1 aromatic carbocycles. The summed E-state index contributed by atoms with van der Waals surface area (Å²) in [5.41, 5.74) is 1.37. The zero-order chi connectivity index (χ0) is 13.7. The molecule has 1 aromatic rings. The highest BCUT2D eigenvalue weighted by molar-refractivity contribution is 5.15. The van der Waals surface area contributed by atoms with Gasteiger partial charge in [0.15, 0.2) is 0 Å². The Balaban J connectivity index is 1.77. The molecule has 0 unspecified atom stereocenters. The fraction of sp³-hybridized carbons (Fsp3) is 0.667. The summed E-state index contributed by atoms with van der Waals surface area (Å²) in [7, 11) is 0. The van der Waals surface area contributed by atoms with Crippen molar-refractivity contribution in [3.05, 3.63) is 35.9 Å². The molecule has 3 atom stereocenters. The second kappa shape index (κ2) is 7.09. The molecule has 0 aliphatic heterocycles. The highest BCUT2D eigenvalue weighted by Crippen LogP contribution is 2.36. The van der Waals surface area contributed by atoms with Crippen molar-refractivity contribution < 1.29 is 5.11 Å². The van der Waals surface area contributed by atoms with E-state index in [2.05, 4.69) is 44.2 Å². The predicted molar refractivity (Wildman–Crippen MR) is 81.1 cm³/mol. The van der Waals surface area contributed by atoms with E-state index < -0.39 is 0 Å². The summed E-state index contributed by atoms with van der Waals surface area (Å²) in [6, 6.07) is 10.6. The first-order valence-electron chi connectivity index (χ1n) is 7.87. The normalized spacial score (nSPS) is 27.1. The van der Waals surface area contributed by atoms with Crippen LogP contribution < -0.4 is 0 Å². The summed E-state index contributed by atoms with van der Waals surface area (Å²) in [6.07, 6.45) is 7.17.